The minimum atomic E-state index is -0.00225. The van der Waals surface area contributed by atoms with Gasteiger partial charge in [0.1, 0.15) is 5.78 Å². The largest absolute Gasteiger partial charge is 0.379 e. The van der Waals surface area contributed by atoms with Crippen LogP contribution in [0.2, 0.25) is 0 Å². The summed E-state index contributed by atoms with van der Waals surface area (Å²) in [5, 5.41) is 2.78. The second kappa shape index (κ2) is 16.8. The molecule has 0 aromatic carbocycles. The average Bonchev–Trinajstić information content (AvgIpc) is 2.57. The minimum absolute atomic E-state index is 0. The Kier molecular flexibility index (Phi) is 16.1. The maximum absolute atomic E-state index is 11.3. The van der Waals surface area contributed by atoms with Gasteiger partial charge in [0.25, 0.3) is 0 Å². The number of hydrogen-bond acceptors (Lipinski definition) is 6. The van der Waals surface area contributed by atoms with Crippen LogP contribution < -0.4 is 5.32 Å². The van der Waals surface area contributed by atoms with Gasteiger partial charge >= 0.3 is 0 Å². The molecule has 0 unspecified atom stereocenters. The molecule has 0 aromatic rings. The van der Waals surface area contributed by atoms with Gasteiger partial charge in [0, 0.05) is 26.7 Å². The molecule has 0 bridgehead atoms. The summed E-state index contributed by atoms with van der Waals surface area (Å²) in [5.41, 5.74) is 0. The molecule has 7 nitrogen and oxygen atoms in total. The number of carbonyl (C=O) groups is 2. The normalized spacial score (nSPS) is 11.0. The molecule has 0 spiro atoms. The van der Waals surface area contributed by atoms with Gasteiger partial charge < -0.3 is 24.3 Å². The predicted octanol–water partition coefficient (Wildman–Crippen LogP) is 1.44. The molecular weight excluding hydrogens is 314 g/mol. The van der Waals surface area contributed by atoms with E-state index in [1.807, 2.05) is 20.8 Å². The third-order valence-corrected chi connectivity index (χ3v) is 3.11. The smallest absolute Gasteiger partial charge is 0.222 e. The van der Waals surface area contributed by atoms with Crippen molar-refractivity contribution in [1.29, 1.82) is 0 Å². The zero-order valence-corrected chi connectivity index (χ0v) is 15.3. The van der Waals surface area contributed by atoms with Crippen LogP contribution in [0.15, 0.2) is 0 Å². The summed E-state index contributed by atoms with van der Waals surface area (Å²) < 4.78 is 21.3. The van der Waals surface area contributed by atoms with Crippen LogP contribution in [0.3, 0.4) is 0 Å². The van der Waals surface area contributed by atoms with Gasteiger partial charge in [0.05, 0.1) is 52.9 Å². The Hall–Kier alpha value is -1.02. The van der Waals surface area contributed by atoms with Crippen LogP contribution in [0.4, 0.5) is 0 Å². The van der Waals surface area contributed by atoms with Crippen molar-refractivity contribution in [1.82, 2.24) is 5.32 Å². The highest BCUT2D eigenvalue weighted by atomic mass is 16.6. The highest BCUT2D eigenvalue weighted by Crippen LogP contribution is 1.91. The van der Waals surface area contributed by atoms with E-state index in [0.29, 0.717) is 72.2 Å². The minimum Gasteiger partial charge on any atom is -0.379 e. The van der Waals surface area contributed by atoms with E-state index in [0.717, 1.165) is 0 Å². The average molecular weight is 349 g/mol. The number of carbonyl (C=O) groups excluding carboxylic acids is 2. The second-order valence-corrected chi connectivity index (χ2v) is 5.54. The number of ketones is 1. The monoisotopic (exact) mass is 349 g/mol. The van der Waals surface area contributed by atoms with Gasteiger partial charge in [-0.15, -0.1) is 0 Å². The fourth-order valence-electron chi connectivity index (χ4n) is 1.58. The molecule has 0 fully saturated rings. The summed E-state index contributed by atoms with van der Waals surface area (Å²) in [7, 11) is 0. The van der Waals surface area contributed by atoms with E-state index >= 15 is 0 Å². The van der Waals surface area contributed by atoms with E-state index in [2.05, 4.69) is 5.32 Å². The molecule has 0 aromatic heterocycles. The fraction of sp³-hybridized carbons (Fsp3) is 0.882. The Bertz CT molecular complexity index is 328. The summed E-state index contributed by atoms with van der Waals surface area (Å²) in [6.45, 7) is 9.99. The lowest BCUT2D eigenvalue weighted by atomic mass is 10.2. The van der Waals surface area contributed by atoms with E-state index in [-0.39, 0.29) is 19.0 Å². The van der Waals surface area contributed by atoms with Crippen molar-refractivity contribution >= 4 is 11.7 Å². The molecule has 24 heavy (non-hydrogen) atoms. The Balaban J connectivity index is 0. The number of amides is 1. The summed E-state index contributed by atoms with van der Waals surface area (Å²) in [6, 6.07) is 0. The molecule has 0 heterocycles. The first-order valence-electron chi connectivity index (χ1n) is 8.68. The lowest BCUT2D eigenvalue weighted by Gasteiger charge is -2.09. The maximum Gasteiger partial charge on any atom is 0.222 e. The Morgan fingerprint density at radius 1 is 0.833 bits per heavy atom. The molecule has 0 radical (unpaired) electrons. The van der Waals surface area contributed by atoms with E-state index in [4.69, 9.17) is 18.9 Å². The molecule has 0 rings (SSSR count). The lowest BCUT2D eigenvalue weighted by Crippen LogP contribution is -2.31. The van der Waals surface area contributed by atoms with E-state index in [1.165, 1.54) is 0 Å². The van der Waals surface area contributed by atoms with Crippen molar-refractivity contribution < 1.29 is 30.0 Å². The van der Waals surface area contributed by atoms with Crippen molar-refractivity contribution in [3.8, 4) is 0 Å². The zero-order valence-electron chi connectivity index (χ0n) is 15.3. The van der Waals surface area contributed by atoms with Gasteiger partial charge in [0.15, 0.2) is 0 Å². The molecule has 1 amide bonds. The standard InChI is InChI=1S/C17H33NO6.H2/c1-4-16(19)5-7-21-9-11-23-13-14-24-12-10-22-8-6-18-17(20)15(2)3;/h15H,4-14H2,1-3H3,(H,18,20);1H. The first-order chi connectivity index (χ1) is 11.6. The van der Waals surface area contributed by atoms with Gasteiger partial charge in [-0.2, -0.15) is 0 Å². The molecule has 0 aliphatic heterocycles. The summed E-state index contributed by atoms with van der Waals surface area (Å²) in [4.78, 5) is 22.3. The first kappa shape index (κ1) is 23.0. The summed E-state index contributed by atoms with van der Waals surface area (Å²) in [6.07, 6.45) is 1.04. The van der Waals surface area contributed by atoms with Crippen LogP contribution >= 0.6 is 0 Å². The van der Waals surface area contributed by atoms with Crippen molar-refractivity contribution in [2.45, 2.75) is 33.6 Å². The predicted molar refractivity (Wildman–Crippen MR) is 93.2 cm³/mol. The Morgan fingerprint density at radius 3 is 1.75 bits per heavy atom. The topological polar surface area (TPSA) is 83.1 Å². The number of rotatable bonds is 17. The zero-order chi connectivity index (χ0) is 18.0. The number of ether oxygens (including phenoxy) is 4. The van der Waals surface area contributed by atoms with Crippen LogP contribution in [0.25, 0.3) is 0 Å². The molecule has 0 saturated carbocycles. The van der Waals surface area contributed by atoms with Gasteiger partial charge in [-0.3, -0.25) is 9.59 Å². The van der Waals surface area contributed by atoms with Crippen LogP contribution in [-0.2, 0) is 28.5 Å². The third kappa shape index (κ3) is 15.9. The van der Waals surface area contributed by atoms with Crippen LogP contribution in [-0.4, -0.2) is 71.1 Å². The Morgan fingerprint density at radius 2 is 1.29 bits per heavy atom. The highest BCUT2D eigenvalue weighted by molar-refractivity contribution is 5.78. The van der Waals surface area contributed by atoms with Gasteiger partial charge in [-0.05, 0) is 0 Å². The van der Waals surface area contributed by atoms with Gasteiger partial charge in [-0.1, -0.05) is 20.8 Å². The number of nitrogens with one attached hydrogen (secondary N) is 1. The van der Waals surface area contributed by atoms with Gasteiger partial charge in [-0.25, -0.2) is 0 Å². The maximum atomic E-state index is 11.3. The highest BCUT2D eigenvalue weighted by Gasteiger charge is 2.04. The van der Waals surface area contributed by atoms with Crippen LogP contribution in [0, 0.1) is 5.92 Å². The van der Waals surface area contributed by atoms with E-state index in [9.17, 15) is 9.59 Å². The van der Waals surface area contributed by atoms with Crippen LogP contribution in [0.1, 0.15) is 35.0 Å². The van der Waals surface area contributed by atoms with Crippen molar-refractivity contribution in [3.63, 3.8) is 0 Å². The third-order valence-electron chi connectivity index (χ3n) is 3.11. The van der Waals surface area contributed by atoms with Crippen LogP contribution in [0.5, 0.6) is 0 Å². The molecule has 0 aliphatic carbocycles. The first-order valence-corrected chi connectivity index (χ1v) is 8.68. The van der Waals surface area contributed by atoms with E-state index < -0.39 is 0 Å². The lowest BCUT2D eigenvalue weighted by molar-refractivity contribution is -0.124. The molecule has 7 heteroatoms. The fourth-order valence-corrected chi connectivity index (χ4v) is 1.58. The summed E-state index contributed by atoms with van der Waals surface area (Å²) >= 11 is 0. The van der Waals surface area contributed by atoms with Crippen molar-refractivity contribution in [2.24, 2.45) is 5.92 Å². The van der Waals surface area contributed by atoms with Crippen molar-refractivity contribution in [2.75, 3.05) is 59.4 Å². The summed E-state index contributed by atoms with van der Waals surface area (Å²) in [5.74, 6) is 0.249. The quantitative estimate of drug-likeness (QED) is 0.400. The molecule has 1 N–H and O–H groups in total. The second-order valence-electron chi connectivity index (χ2n) is 5.54. The number of hydrogen-bond donors (Lipinski definition) is 1. The number of Topliss-reactive ketones (excluding diaryl/α,β-unsaturated/α-hetero) is 1. The molecule has 0 atom stereocenters. The molecule has 0 saturated heterocycles. The SMILES string of the molecule is CCC(=O)CCOCCOCCOCCOCCNC(=O)C(C)C.[HH]. The van der Waals surface area contributed by atoms with Crippen molar-refractivity contribution in [3.05, 3.63) is 0 Å². The molecule has 144 valence electrons. The van der Waals surface area contributed by atoms with E-state index in [1.54, 1.807) is 0 Å². The Labute approximate surface area is 146 Å². The van der Waals surface area contributed by atoms with Gasteiger partial charge in [0.2, 0.25) is 5.91 Å². The molecular formula is C17H35NO6. The molecule has 0 aliphatic rings.